The lowest BCUT2D eigenvalue weighted by Gasteiger charge is -2.22. The van der Waals surface area contributed by atoms with Crippen LogP contribution in [0.3, 0.4) is 0 Å². The van der Waals surface area contributed by atoms with Gasteiger partial charge in [0.05, 0.1) is 18.8 Å². The lowest BCUT2D eigenvalue weighted by atomic mass is 9.96. The molecule has 0 bridgehead atoms. The van der Waals surface area contributed by atoms with Crippen LogP contribution in [0.25, 0.3) is 11.2 Å². The standard InChI is InChI=1S/C21H23F3N6O/c22-12-8-15(23)18(16(24)9-12)28-21-27-17-10-25-20(26-13-4-2-1-3-5-13)29-19(17)30(21)14-6-7-31-11-14/h8-10,13-14H,1-7,11H2,(H,27,28)(H,25,26,29)/t14-/m0/s1. The Bertz CT molecular complexity index is 1070. The van der Waals surface area contributed by atoms with Crippen molar-refractivity contribution in [3.63, 3.8) is 0 Å². The fourth-order valence-electron chi connectivity index (χ4n) is 4.32. The van der Waals surface area contributed by atoms with Gasteiger partial charge in [0.2, 0.25) is 11.9 Å². The van der Waals surface area contributed by atoms with Gasteiger partial charge in [-0.2, -0.15) is 4.98 Å². The highest BCUT2D eigenvalue weighted by Gasteiger charge is 2.26. The third kappa shape index (κ3) is 4.04. The van der Waals surface area contributed by atoms with Crippen LogP contribution in [0, 0.1) is 17.5 Å². The van der Waals surface area contributed by atoms with Crippen LogP contribution in [-0.4, -0.2) is 38.8 Å². The number of hydrogen-bond acceptors (Lipinski definition) is 6. The Morgan fingerprint density at radius 2 is 1.77 bits per heavy atom. The van der Waals surface area contributed by atoms with Crippen LogP contribution in [-0.2, 0) is 4.74 Å². The molecule has 3 heterocycles. The van der Waals surface area contributed by atoms with Gasteiger partial charge in [0, 0.05) is 24.8 Å². The number of aromatic nitrogens is 4. The Hall–Kier alpha value is -2.88. The normalized spacial score (nSPS) is 19.8. The minimum atomic E-state index is -1.04. The van der Waals surface area contributed by atoms with Gasteiger partial charge in [0.25, 0.3) is 0 Å². The average Bonchev–Trinajstić information content (AvgIpc) is 3.38. The number of nitrogens with zero attached hydrogens (tertiary/aromatic N) is 4. The van der Waals surface area contributed by atoms with Crippen molar-refractivity contribution in [2.24, 2.45) is 0 Å². The molecule has 1 aromatic carbocycles. The van der Waals surface area contributed by atoms with E-state index in [1.807, 2.05) is 0 Å². The van der Waals surface area contributed by atoms with Gasteiger partial charge < -0.3 is 15.4 Å². The molecule has 1 aliphatic carbocycles. The zero-order valence-electron chi connectivity index (χ0n) is 16.9. The summed E-state index contributed by atoms with van der Waals surface area (Å²) in [5, 5.41) is 6.09. The van der Waals surface area contributed by atoms with Gasteiger partial charge in [-0.3, -0.25) is 4.57 Å². The van der Waals surface area contributed by atoms with Gasteiger partial charge in [0.1, 0.15) is 17.0 Å². The van der Waals surface area contributed by atoms with Crippen LogP contribution in [0.4, 0.5) is 30.8 Å². The highest BCUT2D eigenvalue weighted by Crippen LogP contribution is 2.32. The summed E-state index contributed by atoms with van der Waals surface area (Å²) in [7, 11) is 0. The second-order valence-electron chi connectivity index (χ2n) is 8.07. The third-order valence-electron chi connectivity index (χ3n) is 5.89. The van der Waals surface area contributed by atoms with Crippen LogP contribution < -0.4 is 10.6 Å². The summed E-state index contributed by atoms with van der Waals surface area (Å²) >= 11 is 0. The van der Waals surface area contributed by atoms with Crippen molar-refractivity contribution in [2.45, 2.75) is 50.6 Å². The van der Waals surface area contributed by atoms with Crippen molar-refractivity contribution in [3.05, 3.63) is 35.8 Å². The van der Waals surface area contributed by atoms with E-state index in [1.54, 1.807) is 10.8 Å². The van der Waals surface area contributed by atoms with Crippen LogP contribution in [0.2, 0.25) is 0 Å². The molecule has 1 aliphatic heterocycles. The fourth-order valence-corrected chi connectivity index (χ4v) is 4.32. The maximum atomic E-state index is 14.2. The summed E-state index contributed by atoms with van der Waals surface area (Å²) in [4.78, 5) is 13.5. The second kappa shape index (κ2) is 8.33. The van der Waals surface area contributed by atoms with E-state index >= 15 is 0 Å². The van der Waals surface area contributed by atoms with Crippen LogP contribution in [0.15, 0.2) is 18.3 Å². The Morgan fingerprint density at radius 3 is 2.48 bits per heavy atom. The first-order chi connectivity index (χ1) is 15.1. The predicted octanol–water partition coefficient (Wildman–Crippen LogP) is 4.69. The van der Waals surface area contributed by atoms with E-state index in [4.69, 9.17) is 4.74 Å². The van der Waals surface area contributed by atoms with Gasteiger partial charge >= 0.3 is 0 Å². The number of halogens is 3. The average molecular weight is 432 g/mol. The number of imidazole rings is 1. The second-order valence-corrected chi connectivity index (χ2v) is 8.07. The largest absolute Gasteiger partial charge is 0.379 e. The van der Waals surface area contributed by atoms with E-state index in [9.17, 15) is 13.2 Å². The smallest absolute Gasteiger partial charge is 0.224 e. The Morgan fingerprint density at radius 1 is 1.00 bits per heavy atom. The SMILES string of the molecule is Fc1cc(F)c(Nc2nc3cnc(NC4CCCCC4)nc3n2[C@H]2CCOC2)c(F)c1. The first kappa shape index (κ1) is 20.0. The molecule has 10 heteroatoms. The molecule has 2 N–H and O–H groups in total. The number of anilines is 3. The van der Waals surface area contributed by atoms with Gasteiger partial charge in [-0.25, -0.2) is 23.1 Å². The molecule has 2 fully saturated rings. The minimum absolute atomic E-state index is 0.100. The predicted molar refractivity (Wildman–Crippen MR) is 110 cm³/mol. The van der Waals surface area contributed by atoms with E-state index in [2.05, 4.69) is 25.6 Å². The molecule has 1 atom stereocenters. The van der Waals surface area contributed by atoms with Gasteiger partial charge in [-0.1, -0.05) is 19.3 Å². The quantitative estimate of drug-likeness (QED) is 0.609. The number of nitrogens with one attached hydrogen (secondary N) is 2. The summed E-state index contributed by atoms with van der Waals surface area (Å²) in [6.07, 6.45) is 8.07. The summed E-state index contributed by atoms with van der Waals surface area (Å²) in [6, 6.07) is 1.49. The van der Waals surface area contributed by atoms with Crippen molar-refractivity contribution >= 4 is 28.7 Å². The number of fused-ring (bicyclic) bond motifs is 1. The molecule has 0 unspecified atom stereocenters. The van der Waals surface area contributed by atoms with E-state index in [1.165, 1.54) is 19.3 Å². The minimum Gasteiger partial charge on any atom is -0.379 e. The summed E-state index contributed by atoms with van der Waals surface area (Å²) < 4.78 is 49.1. The molecule has 5 rings (SSSR count). The first-order valence-electron chi connectivity index (χ1n) is 10.6. The lowest BCUT2D eigenvalue weighted by molar-refractivity contribution is 0.187. The lowest BCUT2D eigenvalue weighted by Crippen LogP contribution is -2.23. The number of rotatable bonds is 5. The monoisotopic (exact) mass is 432 g/mol. The van der Waals surface area contributed by atoms with Gasteiger partial charge in [-0.15, -0.1) is 0 Å². The van der Waals surface area contributed by atoms with Crippen molar-refractivity contribution in [2.75, 3.05) is 23.8 Å². The summed E-state index contributed by atoms with van der Waals surface area (Å²) in [5.41, 5.74) is 0.575. The highest BCUT2D eigenvalue weighted by molar-refractivity contribution is 5.76. The molecule has 1 saturated heterocycles. The topological polar surface area (TPSA) is 76.9 Å². The molecular weight excluding hydrogens is 409 g/mol. The molecular formula is C21H23F3N6O. The molecule has 0 spiro atoms. The van der Waals surface area contributed by atoms with Crippen molar-refractivity contribution in [1.29, 1.82) is 0 Å². The molecule has 1 saturated carbocycles. The number of ether oxygens (including phenoxy) is 1. The summed E-state index contributed by atoms with van der Waals surface area (Å²) in [5.74, 6) is -2.35. The van der Waals surface area contributed by atoms with Crippen molar-refractivity contribution in [1.82, 2.24) is 19.5 Å². The maximum Gasteiger partial charge on any atom is 0.224 e. The van der Waals surface area contributed by atoms with Gasteiger partial charge in [-0.05, 0) is 19.3 Å². The zero-order valence-corrected chi connectivity index (χ0v) is 16.9. The molecule has 7 nitrogen and oxygen atoms in total. The molecule has 0 radical (unpaired) electrons. The molecule has 2 aliphatic rings. The molecule has 31 heavy (non-hydrogen) atoms. The van der Waals surface area contributed by atoms with Crippen molar-refractivity contribution < 1.29 is 17.9 Å². The summed E-state index contributed by atoms with van der Waals surface area (Å²) in [6.45, 7) is 1.01. The van der Waals surface area contributed by atoms with Gasteiger partial charge in [0.15, 0.2) is 17.3 Å². The van der Waals surface area contributed by atoms with E-state index in [0.717, 1.165) is 12.8 Å². The number of benzene rings is 1. The van der Waals surface area contributed by atoms with Crippen LogP contribution >= 0.6 is 0 Å². The van der Waals surface area contributed by atoms with E-state index in [0.29, 0.717) is 54.9 Å². The molecule has 3 aromatic rings. The maximum absolute atomic E-state index is 14.2. The van der Waals surface area contributed by atoms with E-state index < -0.39 is 23.1 Å². The molecule has 2 aromatic heterocycles. The Kier molecular flexibility index (Phi) is 5.39. The third-order valence-corrected chi connectivity index (χ3v) is 5.89. The fraction of sp³-hybridized carbons (Fsp3) is 0.476. The van der Waals surface area contributed by atoms with E-state index in [-0.39, 0.29) is 12.0 Å². The zero-order chi connectivity index (χ0) is 21.4. The highest BCUT2D eigenvalue weighted by atomic mass is 19.1. The Labute approximate surface area is 177 Å². The molecule has 164 valence electrons. The first-order valence-corrected chi connectivity index (χ1v) is 10.6. The van der Waals surface area contributed by atoms with Crippen LogP contribution in [0.5, 0.6) is 0 Å². The molecule has 0 amide bonds. The van der Waals surface area contributed by atoms with Crippen molar-refractivity contribution in [3.8, 4) is 0 Å². The van der Waals surface area contributed by atoms with Crippen LogP contribution in [0.1, 0.15) is 44.6 Å². The number of hydrogen-bond donors (Lipinski definition) is 2. The Balaban J connectivity index is 1.53.